The highest BCUT2D eigenvalue weighted by Crippen LogP contribution is 2.22. The second-order valence-corrected chi connectivity index (χ2v) is 10.1. The Kier molecular flexibility index (Phi) is 9.71. The maximum Gasteiger partial charge on any atom is 0.266 e. The van der Waals surface area contributed by atoms with Crippen LogP contribution in [-0.2, 0) is 32.2 Å². The van der Waals surface area contributed by atoms with E-state index in [0.29, 0.717) is 0 Å². The van der Waals surface area contributed by atoms with Crippen molar-refractivity contribution in [3.05, 3.63) is 71.9 Å². The molecule has 3 amide bonds. The van der Waals surface area contributed by atoms with E-state index < -0.39 is 29.0 Å². The molecule has 0 saturated carbocycles. The van der Waals surface area contributed by atoms with Gasteiger partial charge in [0.1, 0.15) is 6.04 Å². The van der Waals surface area contributed by atoms with E-state index >= 15 is 0 Å². The van der Waals surface area contributed by atoms with Crippen molar-refractivity contribution in [2.45, 2.75) is 49.8 Å². The Morgan fingerprint density at radius 2 is 1.74 bits per heavy atom. The predicted octanol–water partition coefficient (Wildman–Crippen LogP) is 2.85. The maximum atomic E-state index is 13.1. The summed E-state index contributed by atoms with van der Waals surface area (Å²) >= 11 is 1.28. The molecule has 0 aliphatic carbocycles. The second-order valence-electron chi connectivity index (χ2n) is 8.28. The van der Waals surface area contributed by atoms with Crippen LogP contribution >= 0.6 is 11.8 Å². The number of fused-ring (bicyclic) bond motifs is 1. The molecule has 1 aromatic heterocycles. The molecule has 0 unspecified atom stereocenters. The van der Waals surface area contributed by atoms with Gasteiger partial charge in [0.2, 0.25) is 11.8 Å². The molecular formula is C25H30N4O5S. The summed E-state index contributed by atoms with van der Waals surface area (Å²) in [6, 6.07) is 16.1. The molecule has 0 bridgehead atoms. The van der Waals surface area contributed by atoms with Crippen molar-refractivity contribution in [2.75, 3.05) is 0 Å². The van der Waals surface area contributed by atoms with Gasteiger partial charge in [-0.3, -0.25) is 24.4 Å². The number of para-hydroxylation sites is 1. The van der Waals surface area contributed by atoms with E-state index in [0.717, 1.165) is 22.0 Å². The zero-order valence-electron chi connectivity index (χ0n) is 19.6. The normalized spacial score (nSPS) is 12.8. The average Bonchev–Trinajstić information content (AvgIpc) is 3.26. The molecule has 5 N–H and O–H groups in total. The summed E-state index contributed by atoms with van der Waals surface area (Å²) in [5.74, 6) is -1.67. The van der Waals surface area contributed by atoms with E-state index in [1.54, 1.807) is 5.48 Å². The Balaban J connectivity index is 1.75. The Morgan fingerprint density at radius 3 is 2.46 bits per heavy atom. The van der Waals surface area contributed by atoms with E-state index in [-0.39, 0.29) is 24.7 Å². The van der Waals surface area contributed by atoms with Crippen LogP contribution in [0.25, 0.3) is 10.9 Å². The van der Waals surface area contributed by atoms with Crippen LogP contribution in [0.4, 0.5) is 0 Å². The Labute approximate surface area is 207 Å². The minimum Gasteiger partial charge on any atom is -0.361 e. The van der Waals surface area contributed by atoms with Crippen LogP contribution in [0.1, 0.15) is 31.4 Å². The standard InChI is InChI=1S/C25H30N4O5S/c1-16(2)35-22(13-23(30)28-33)25(32)27-21(12-18-14-26-20-11-7-6-10-19(18)20)24(31)29-34-15-17-8-4-3-5-9-17/h3-11,14,16,21-22,26,33H,12-13,15H2,1-2H3,(H,27,32)(H,28,30)(H,29,31)/t21-,22+/m1/s1. The molecule has 0 spiro atoms. The van der Waals surface area contributed by atoms with Crippen molar-refractivity contribution in [2.24, 2.45) is 0 Å². The molecule has 9 nitrogen and oxygen atoms in total. The summed E-state index contributed by atoms with van der Waals surface area (Å²) in [5, 5.41) is 11.9. The summed E-state index contributed by atoms with van der Waals surface area (Å²) in [4.78, 5) is 46.5. The highest BCUT2D eigenvalue weighted by atomic mass is 32.2. The first-order valence-electron chi connectivity index (χ1n) is 11.3. The maximum absolute atomic E-state index is 13.1. The number of hydrogen-bond acceptors (Lipinski definition) is 6. The number of carbonyl (C=O) groups excluding carboxylic acids is 3. The lowest BCUT2D eigenvalue weighted by Gasteiger charge is -2.22. The summed E-state index contributed by atoms with van der Waals surface area (Å²) in [6.07, 6.45) is 1.79. The molecular weight excluding hydrogens is 468 g/mol. The van der Waals surface area contributed by atoms with Crippen LogP contribution < -0.4 is 16.3 Å². The lowest BCUT2D eigenvalue weighted by atomic mass is 10.0. The van der Waals surface area contributed by atoms with Gasteiger partial charge >= 0.3 is 0 Å². The summed E-state index contributed by atoms with van der Waals surface area (Å²) in [7, 11) is 0. The molecule has 2 atom stereocenters. The number of hydrogen-bond donors (Lipinski definition) is 5. The van der Waals surface area contributed by atoms with Crippen LogP contribution in [0, 0.1) is 0 Å². The number of benzene rings is 2. The third-order valence-electron chi connectivity index (χ3n) is 5.21. The van der Waals surface area contributed by atoms with Crippen LogP contribution in [0.2, 0.25) is 0 Å². The molecule has 0 aliphatic rings. The molecule has 3 rings (SSSR count). The SMILES string of the molecule is CC(C)S[C@@H](CC(=O)NO)C(=O)N[C@H](Cc1c[nH]c2ccccc12)C(=O)NOCc1ccccc1. The van der Waals surface area contributed by atoms with E-state index in [1.807, 2.05) is 74.6 Å². The highest BCUT2D eigenvalue weighted by Gasteiger charge is 2.29. The van der Waals surface area contributed by atoms with E-state index in [1.165, 1.54) is 11.8 Å². The smallest absolute Gasteiger partial charge is 0.266 e. The van der Waals surface area contributed by atoms with Crippen molar-refractivity contribution in [1.29, 1.82) is 0 Å². The Morgan fingerprint density at radius 1 is 1.03 bits per heavy atom. The van der Waals surface area contributed by atoms with E-state index in [2.05, 4.69) is 15.8 Å². The quantitative estimate of drug-likeness (QED) is 0.193. The minimum atomic E-state index is -0.954. The minimum absolute atomic E-state index is 0.0485. The first-order valence-corrected chi connectivity index (χ1v) is 12.2. The number of thioether (sulfide) groups is 1. The summed E-state index contributed by atoms with van der Waals surface area (Å²) in [6.45, 7) is 3.97. The average molecular weight is 499 g/mol. The van der Waals surface area contributed by atoms with Gasteiger partial charge in [0.15, 0.2) is 0 Å². The van der Waals surface area contributed by atoms with Crippen LogP contribution in [0.3, 0.4) is 0 Å². The number of aromatic nitrogens is 1. The van der Waals surface area contributed by atoms with Gasteiger partial charge in [-0.05, 0) is 22.4 Å². The highest BCUT2D eigenvalue weighted by molar-refractivity contribution is 8.01. The van der Waals surface area contributed by atoms with Gasteiger partial charge < -0.3 is 10.3 Å². The predicted molar refractivity (Wildman–Crippen MR) is 134 cm³/mol. The number of aromatic amines is 1. The fourth-order valence-electron chi connectivity index (χ4n) is 3.58. The van der Waals surface area contributed by atoms with Crippen LogP contribution in [0.5, 0.6) is 0 Å². The van der Waals surface area contributed by atoms with Crippen molar-refractivity contribution in [3.8, 4) is 0 Å². The van der Waals surface area contributed by atoms with Gasteiger partial charge in [-0.1, -0.05) is 62.4 Å². The third-order valence-corrected chi connectivity index (χ3v) is 6.46. The number of carbonyl (C=O) groups is 3. The topological polar surface area (TPSA) is 133 Å². The van der Waals surface area contributed by atoms with Crippen molar-refractivity contribution >= 4 is 40.4 Å². The summed E-state index contributed by atoms with van der Waals surface area (Å²) < 4.78 is 0. The zero-order valence-corrected chi connectivity index (χ0v) is 20.4. The number of H-pyrrole nitrogens is 1. The fourth-order valence-corrected chi connectivity index (χ4v) is 4.67. The summed E-state index contributed by atoms with van der Waals surface area (Å²) in [5.41, 5.74) is 6.66. The third kappa shape index (κ3) is 7.84. The molecule has 0 radical (unpaired) electrons. The number of nitrogens with one attached hydrogen (secondary N) is 4. The Hall–Kier alpha value is -3.34. The monoisotopic (exact) mass is 498 g/mol. The van der Waals surface area contributed by atoms with Crippen LogP contribution in [-0.4, -0.2) is 44.5 Å². The number of hydroxylamine groups is 2. The fraction of sp³-hybridized carbons (Fsp3) is 0.320. The van der Waals surface area contributed by atoms with E-state index in [9.17, 15) is 14.4 Å². The molecule has 186 valence electrons. The molecule has 10 heteroatoms. The molecule has 0 aliphatic heterocycles. The first kappa shape index (κ1) is 26.3. The van der Waals surface area contributed by atoms with Gasteiger partial charge in [0.25, 0.3) is 5.91 Å². The van der Waals surface area contributed by atoms with Crippen molar-refractivity contribution < 1.29 is 24.4 Å². The first-order chi connectivity index (χ1) is 16.9. The molecule has 2 aromatic carbocycles. The Bertz CT molecular complexity index is 1140. The lowest BCUT2D eigenvalue weighted by molar-refractivity contribution is -0.139. The number of amides is 3. The van der Waals surface area contributed by atoms with Crippen molar-refractivity contribution in [3.63, 3.8) is 0 Å². The van der Waals surface area contributed by atoms with Crippen molar-refractivity contribution in [1.82, 2.24) is 21.3 Å². The second kappa shape index (κ2) is 12.9. The van der Waals surface area contributed by atoms with Gasteiger partial charge in [-0.15, -0.1) is 11.8 Å². The van der Waals surface area contributed by atoms with Gasteiger partial charge in [0.05, 0.1) is 11.9 Å². The molecule has 35 heavy (non-hydrogen) atoms. The largest absolute Gasteiger partial charge is 0.361 e. The van der Waals surface area contributed by atoms with E-state index in [4.69, 9.17) is 10.0 Å². The molecule has 1 heterocycles. The zero-order chi connectivity index (χ0) is 25.2. The van der Waals surface area contributed by atoms with Gasteiger partial charge in [-0.2, -0.15) is 0 Å². The lowest BCUT2D eigenvalue weighted by Crippen LogP contribution is -2.50. The van der Waals surface area contributed by atoms with Crippen LogP contribution in [0.15, 0.2) is 60.8 Å². The van der Waals surface area contributed by atoms with Gasteiger partial charge in [-0.25, -0.2) is 11.0 Å². The molecule has 0 fully saturated rings. The molecule has 3 aromatic rings. The molecule has 0 saturated heterocycles. The van der Waals surface area contributed by atoms with Gasteiger partial charge in [0, 0.05) is 29.9 Å². The number of rotatable bonds is 12.